The first-order chi connectivity index (χ1) is 9.56. The van der Waals surface area contributed by atoms with Crippen LogP contribution in [0.1, 0.15) is 36.0 Å². The summed E-state index contributed by atoms with van der Waals surface area (Å²) in [5.74, 6) is 0.706. The Hall–Kier alpha value is -1.56. The number of nitro benzene ring substituents is 1. The largest absolute Gasteiger partial charge is 0.293 e. The van der Waals surface area contributed by atoms with Crippen LogP contribution in [0.3, 0.4) is 0 Å². The van der Waals surface area contributed by atoms with Gasteiger partial charge in [-0.3, -0.25) is 19.1 Å². The van der Waals surface area contributed by atoms with Crippen molar-refractivity contribution in [2.45, 2.75) is 25.7 Å². The van der Waals surface area contributed by atoms with Gasteiger partial charge in [0.15, 0.2) is 5.78 Å². The normalized spacial score (nSPS) is 17.0. The zero-order valence-electron chi connectivity index (χ0n) is 11.1. The number of non-ortho nitro benzene ring substituents is 1. The molecule has 1 unspecified atom stereocenters. The molecule has 5 nitrogen and oxygen atoms in total. The Balaban J connectivity index is 1.95. The minimum atomic E-state index is -1.18. The van der Waals surface area contributed by atoms with Gasteiger partial charge in [0.05, 0.1) is 10.7 Å². The highest BCUT2D eigenvalue weighted by atomic mass is 32.2. The van der Waals surface area contributed by atoms with Gasteiger partial charge in [0.25, 0.3) is 5.69 Å². The Labute approximate surface area is 120 Å². The number of carbonyl (C=O) groups excluding carboxylic acids is 1. The summed E-state index contributed by atoms with van der Waals surface area (Å²) in [6.45, 7) is 0. The van der Waals surface area contributed by atoms with E-state index in [2.05, 4.69) is 0 Å². The topological polar surface area (TPSA) is 77.3 Å². The van der Waals surface area contributed by atoms with Crippen molar-refractivity contribution in [3.05, 3.63) is 39.9 Å². The van der Waals surface area contributed by atoms with E-state index in [1.165, 1.54) is 37.1 Å². The number of rotatable bonds is 6. The molecule has 20 heavy (non-hydrogen) atoms. The maximum absolute atomic E-state index is 12.0. The Morgan fingerprint density at radius 2 is 2.05 bits per heavy atom. The third-order valence-corrected chi connectivity index (χ3v) is 4.99. The van der Waals surface area contributed by atoms with Crippen molar-refractivity contribution in [1.29, 1.82) is 0 Å². The van der Waals surface area contributed by atoms with E-state index in [1.54, 1.807) is 0 Å². The third kappa shape index (κ3) is 3.96. The van der Waals surface area contributed by atoms with Crippen molar-refractivity contribution in [1.82, 2.24) is 0 Å². The van der Waals surface area contributed by atoms with Crippen LogP contribution in [0.25, 0.3) is 0 Å². The minimum absolute atomic E-state index is 0.0440. The van der Waals surface area contributed by atoms with Crippen molar-refractivity contribution in [2.75, 3.05) is 11.5 Å². The summed E-state index contributed by atoms with van der Waals surface area (Å²) in [6.07, 6.45) is 4.55. The number of benzene rings is 1. The first-order valence-electron chi connectivity index (χ1n) is 6.69. The molecule has 0 N–H and O–H groups in total. The van der Waals surface area contributed by atoms with E-state index >= 15 is 0 Å². The van der Waals surface area contributed by atoms with E-state index in [-0.39, 0.29) is 22.8 Å². The monoisotopic (exact) mass is 295 g/mol. The van der Waals surface area contributed by atoms with Gasteiger partial charge in [0.2, 0.25) is 0 Å². The Bertz CT molecular complexity index is 538. The van der Waals surface area contributed by atoms with Crippen LogP contribution < -0.4 is 0 Å². The molecule has 2 rings (SSSR count). The summed E-state index contributed by atoms with van der Waals surface area (Å²) in [7, 11) is -1.18. The van der Waals surface area contributed by atoms with Gasteiger partial charge in [0, 0.05) is 34.2 Å². The van der Waals surface area contributed by atoms with Gasteiger partial charge >= 0.3 is 0 Å². The summed E-state index contributed by atoms with van der Waals surface area (Å²) in [6, 6.07) is 5.59. The molecule has 0 amide bonds. The molecule has 0 radical (unpaired) electrons. The van der Waals surface area contributed by atoms with Crippen molar-refractivity contribution in [3.8, 4) is 0 Å². The van der Waals surface area contributed by atoms with Gasteiger partial charge in [-0.2, -0.15) is 0 Å². The average molecular weight is 295 g/mol. The van der Waals surface area contributed by atoms with E-state index in [9.17, 15) is 19.1 Å². The molecule has 1 saturated carbocycles. The first-order valence-corrected chi connectivity index (χ1v) is 8.17. The summed E-state index contributed by atoms with van der Waals surface area (Å²) in [4.78, 5) is 22.1. The van der Waals surface area contributed by atoms with Crippen LogP contribution in [0.2, 0.25) is 0 Å². The van der Waals surface area contributed by atoms with Crippen molar-refractivity contribution >= 4 is 22.3 Å². The number of nitrogens with zero attached hydrogens (tertiary/aromatic N) is 1. The van der Waals surface area contributed by atoms with Crippen LogP contribution in [0, 0.1) is 16.0 Å². The maximum atomic E-state index is 12.0. The van der Waals surface area contributed by atoms with E-state index < -0.39 is 15.7 Å². The van der Waals surface area contributed by atoms with Crippen LogP contribution >= 0.6 is 0 Å². The van der Waals surface area contributed by atoms with Gasteiger partial charge in [-0.15, -0.1) is 0 Å². The lowest BCUT2D eigenvalue weighted by atomic mass is 10.1. The second kappa shape index (κ2) is 6.74. The van der Waals surface area contributed by atoms with Crippen molar-refractivity contribution in [3.63, 3.8) is 0 Å². The molecule has 0 saturated heterocycles. The van der Waals surface area contributed by atoms with E-state index in [0.29, 0.717) is 11.7 Å². The molecule has 1 fully saturated rings. The predicted molar refractivity (Wildman–Crippen MR) is 77.3 cm³/mol. The summed E-state index contributed by atoms with van der Waals surface area (Å²) >= 11 is 0. The standard InChI is InChI=1S/C14H17NO4S/c16-14(10-20(19)9-11-4-1-2-5-11)12-6-3-7-13(8-12)15(17)18/h3,6-8,11H,1-2,4-5,9-10H2. The van der Waals surface area contributed by atoms with Crippen LogP contribution in [-0.4, -0.2) is 26.4 Å². The Morgan fingerprint density at radius 1 is 1.35 bits per heavy atom. The summed E-state index contributed by atoms with van der Waals surface area (Å²) in [5, 5.41) is 10.7. The molecule has 1 aromatic rings. The Morgan fingerprint density at radius 3 is 2.70 bits per heavy atom. The number of ketones is 1. The number of hydrogen-bond donors (Lipinski definition) is 0. The molecule has 0 bridgehead atoms. The molecule has 0 spiro atoms. The fourth-order valence-corrected chi connectivity index (χ4v) is 3.96. The Kier molecular flexibility index (Phi) is 5.00. The zero-order chi connectivity index (χ0) is 14.5. The lowest BCUT2D eigenvalue weighted by molar-refractivity contribution is -0.384. The fraction of sp³-hybridized carbons (Fsp3) is 0.500. The number of hydrogen-bond acceptors (Lipinski definition) is 4. The van der Waals surface area contributed by atoms with E-state index in [1.807, 2.05) is 0 Å². The molecule has 1 aliphatic rings. The number of Topliss-reactive ketones (excluding diaryl/α,β-unsaturated/α-hetero) is 1. The highest BCUT2D eigenvalue weighted by Gasteiger charge is 2.20. The van der Waals surface area contributed by atoms with Gasteiger partial charge < -0.3 is 0 Å². The molecule has 0 aliphatic heterocycles. The zero-order valence-corrected chi connectivity index (χ0v) is 11.9. The molecule has 108 valence electrons. The van der Waals surface area contributed by atoms with Crippen molar-refractivity contribution in [2.24, 2.45) is 5.92 Å². The molecule has 6 heteroatoms. The molecule has 1 aliphatic carbocycles. The second-order valence-electron chi connectivity index (χ2n) is 5.13. The van der Waals surface area contributed by atoms with E-state index in [0.717, 1.165) is 12.8 Å². The lowest BCUT2D eigenvalue weighted by Crippen LogP contribution is -2.17. The maximum Gasteiger partial charge on any atom is 0.270 e. The molecule has 1 atom stereocenters. The molecule has 0 aromatic heterocycles. The molecular formula is C14H17NO4S. The van der Waals surface area contributed by atoms with Crippen LogP contribution in [-0.2, 0) is 10.8 Å². The highest BCUT2D eigenvalue weighted by Crippen LogP contribution is 2.25. The third-order valence-electron chi connectivity index (χ3n) is 3.57. The predicted octanol–water partition coefficient (Wildman–Crippen LogP) is 2.72. The quantitative estimate of drug-likeness (QED) is 0.459. The highest BCUT2D eigenvalue weighted by molar-refractivity contribution is 7.85. The van der Waals surface area contributed by atoms with Gasteiger partial charge in [0.1, 0.15) is 0 Å². The smallest absolute Gasteiger partial charge is 0.270 e. The lowest BCUT2D eigenvalue weighted by Gasteiger charge is -2.08. The molecular weight excluding hydrogens is 278 g/mol. The fourth-order valence-electron chi connectivity index (χ4n) is 2.52. The van der Waals surface area contributed by atoms with Gasteiger partial charge in [-0.05, 0) is 18.8 Å². The average Bonchev–Trinajstić information content (AvgIpc) is 2.91. The van der Waals surface area contributed by atoms with Gasteiger partial charge in [-0.25, -0.2) is 0 Å². The number of carbonyl (C=O) groups is 1. The minimum Gasteiger partial charge on any atom is -0.293 e. The first kappa shape index (κ1) is 14.8. The van der Waals surface area contributed by atoms with Crippen LogP contribution in [0.15, 0.2) is 24.3 Å². The molecule has 1 aromatic carbocycles. The van der Waals surface area contributed by atoms with Gasteiger partial charge in [-0.1, -0.05) is 25.0 Å². The summed E-state index contributed by atoms with van der Waals surface area (Å²) < 4.78 is 12.0. The van der Waals surface area contributed by atoms with E-state index in [4.69, 9.17) is 0 Å². The second-order valence-corrected chi connectivity index (χ2v) is 6.63. The van der Waals surface area contributed by atoms with Crippen molar-refractivity contribution < 1.29 is 13.9 Å². The van der Waals surface area contributed by atoms with Crippen LogP contribution in [0.5, 0.6) is 0 Å². The molecule has 0 heterocycles. The summed E-state index contributed by atoms with van der Waals surface area (Å²) in [5.41, 5.74) is 0.149. The SMILES string of the molecule is O=C(CS(=O)CC1CCCC1)c1cccc([N+](=O)[O-])c1. The van der Waals surface area contributed by atoms with Crippen LogP contribution in [0.4, 0.5) is 5.69 Å². The number of nitro groups is 1.